The minimum Gasteiger partial charge on any atom is -0.469 e. The summed E-state index contributed by atoms with van der Waals surface area (Å²) in [7, 11) is 2.61. The zero-order valence-electron chi connectivity index (χ0n) is 27.4. The molecule has 5 aliphatic heterocycles. The first-order valence-electron chi connectivity index (χ1n) is 15.7. The maximum atomic E-state index is 14.1. The lowest BCUT2D eigenvalue weighted by atomic mass is 9.83. The van der Waals surface area contributed by atoms with E-state index in [1.807, 2.05) is 45.9 Å². The van der Waals surface area contributed by atoms with Gasteiger partial charge in [-0.1, -0.05) is 13.8 Å². The molecular weight excluding hydrogens is 584 g/mol. The number of hydrogen-bond donors (Lipinski definition) is 1. The van der Waals surface area contributed by atoms with E-state index in [0.717, 1.165) is 34.5 Å². The van der Waals surface area contributed by atoms with E-state index in [1.54, 1.807) is 6.92 Å². The van der Waals surface area contributed by atoms with Crippen LogP contribution in [0.15, 0.2) is 100.0 Å². The average molecular weight is 623 g/mol. The van der Waals surface area contributed by atoms with Crippen LogP contribution in [0.5, 0.6) is 0 Å². The molecule has 4 atom stereocenters. The van der Waals surface area contributed by atoms with E-state index in [-0.39, 0.29) is 30.0 Å². The highest BCUT2D eigenvalue weighted by atomic mass is 16.5. The molecule has 0 aromatic heterocycles. The Morgan fingerprint density at radius 2 is 1.57 bits per heavy atom. The zero-order valence-corrected chi connectivity index (χ0v) is 27.4. The van der Waals surface area contributed by atoms with Crippen molar-refractivity contribution in [1.29, 1.82) is 0 Å². The largest absolute Gasteiger partial charge is 0.469 e. The third kappa shape index (κ3) is 4.78. The molecule has 0 spiro atoms. The second kappa shape index (κ2) is 11.7. The van der Waals surface area contributed by atoms with Gasteiger partial charge in [-0.3, -0.25) is 19.4 Å². The van der Waals surface area contributed by atoms with Crippen molar-refractivity contribution in [3.05, 3.63) is 80.0 Å². The minimum atomic E-state index is -1.22. The molecule has 46 heavy (non-hydrogen) atoms. The summed E-state index contributed by atoms with van der Waals surface area (Å²) in [5, 5.41) is 10.8. The summed E-state index contributed by atoms with van der Waals surface area (Å²) < 4.78 is 10.1. The van der Waals surface area contributed by atoms with Gasteiger partial charge in [-0.2, -0.15) is 0 Å². The van der Waals surface area contributed by atoms with Gasteiger partial charge < -0.3 is 14.6 Å². The highest BCUT2D eigenvalue weighted by Gasteiger charge is 2.51. The van der Waals surface area contributed by atoms with Crippen LogP contribution in [0.3, 0.4) is 0 Å². The van der Waals surface area contributed by atoms with Gasteiger partial charge in [0.1, 0.15) is 5.92 Å². The smallest absolute Gasteiger partial charge is 0.321 e. The van der Waals surface area contributed by atoms with Gasteiger partial charge in [-0.25, -0.2) is 15.0 Å². The predicted octanol–water partition coefficient (Wildman–Crippen LogP) is 5.04. The predicted molar refractivity (Wildman–Crippen MR) is 176 cm³/mol. The third-order valence-corrected chi connectivity index (χ3v) is 9.85. The van der Waals surface area contributed by atoms with Gasteiger partial charge in [0.25, 0.3) is 0 Å². The van der Waals surface area contributed by atoms with E-state index in [9.17, 15) is 19.5 Å². The van der Waals surface area contributed by atoms with Crippen LogP contribution in [-0.2, 0) is 23.9 Å². The Morgan fingerprint density at radius 1 is 0.913 bits per heavy atom. The number of nitrogens with zero attached hydrogens (tertiary/aromatic N) is 4. The van der Waals surface area contributed by atoms with Gasteiger partial charge in [-0.05, 0) is 81.1 Å². The summed E-state index contributed by atoms with van der Waals surface area (Å²) in [5.41, 5.74) is 10.0. The van der Waals surface area contributed by atoms with Crippen LogP contribution in [0.1, 0.15) is 60.8 Å². The number of aliphatic imine (C=N–C) groups is 4. The molecule has 6 rings (SSSR count). The summed E-state index contributed by atoms with van der Waals surface area (Å²) in [6.07, 6.45) is 6.17. The molecule has 1 fully saturated rings. The summed E-state index contributed by atoms with van der Waals surface area (Å²) in [6, 6.07) is 0. The Morgan fingerprint density at radius 3 is 2.22 bits per heavy atom. The van der Waals surface area contributed by atoms with Crippen LogP contribution in [0.2, 0.25) is 0 Å². The van der Waals surface area contributed by atoms with Crippen LogP contribution < -0.4 is 0 Å². The normalized spacial score (nSPS) is 25.8. The molecule has 0 aromatic rings. The van der Waals surface area contributed by atoms with Crippen LogP contribution in [0, 0.1) is 17.8 Å². The van der Waals surface area contributed by atoms with E-state index in [0.29, 0.717) is 62.9 Å². The number of aliphatic hydroxyl groups excluding tert-OH is 1. The fourth-order valence-electron chi connectivity index (χ4n) is 7.29. The van der Waals surface area contributed by atoms with Crippen molar-refractivity contribution in [3.63, 3.8) is 0 Å². The van der Waals surface area contributed by atoms with E-state index in [4.69, 9.17) is 29.4 Å². The Bertz CT molecular complexity index is 1870. The standard InChI is InChI=1S/C36H38N4O6/c1-9-20-15(2)22-14-27-29(19(6)41)17(4)24(38-27)12-23-16(3)21(10-11-28(42)45-7)33(39-23)31-32(36(44)46-8)35(43)30-18(5)25(40-34(30)31)13-26(20)37-22/h12-14,16,19,21,32,41H,9-11H2,1-8H3. The number of aliphatic hydroxyl groups is 1. The maximum Gasteiger partial charge on any atom is 0.321 e. The number of carbonyl (C=O) groups excluding carboxylic acids is 3. The monoisotopic (exact) mass is 622 g/mol. The topological polar surface area (TPSA) is 139 Å². The second-order valence-corrected chi connectivity index (χ2v) is 12.4. The number of methoxy groups -OCH3 is 2. The van der Waals surface area contributed by atoms with E-state index in [2.05, 4.69) is 6.92 Å². The lowest BCUT2D eigenvalue weighted by Gasteiger charge is -2.19. The van der Waals surface area contributed by atoms with Crippen molar-refractivity contribution >= 4 is 40.6 Å². The molecule has 238 valence electrons. The van der Waals surface area contributed by atoms with E-state index in [1.165, 1.54) is 14.2 Å². The Balaban J connectivity index is 1.68. The molecule has 10 heteroatoms. The van der Waals surface area contributed by atoms with Crippen LogP contribution in [0.4, 0.5) is 0 Å². The first-order valence-corrected chi connectivity index (χ1v) is 15.7. The van der Waals surface area contributed by atoms with Gasteiger partial charge in [0, 0.05) is 40.7 Å². The number of rotatable bonds is 6. The van der Waals surface area contributed by atoms with Gasteiger partial charge in [0.15, 0.2) is 5.78 Å². The SMILES string of the molecule is CCC1=C(C)C2=CC3=NC(=CC4=NC(=C5C6=NC(=CC1=N2)C(C)=C6C(=O)C5C(=O)OC)C(CCC(=O)OC)C4C)C(C)=C3C(C)O. The summed E-state index contributed by atoms with van der Waals surface area (Å²) in [6.45, 7) is 11.6. The van der Waals surface area contributed by atoms with Crippen molar-refractivity contribution in [2.24, 2.45) is 37.7 Å². The number of ether oxygens (including phenoxy) is 2. The zero-order chi connectivity index (χ0) is 33.2. The second-order valence-electron chi connectivity index (χ2n) is 12.4. The van der Waals surface area contributed by atoms with E-state index >= 15 is 0 Å². The molecule has 0 amide bonds. The lowest BCUT2D eigenvalue weighted by molar-refractivity contribution is -0.146. The van der Waals surface area contributed by atoms with Crippen LogP contribution in [0.25, 0.3) is 0 Å². The number of esters is 2. The number of Topliss-reactive ketones (excluding diaryl/α,β-unsaturated/α-hetero) is 1. The van der Waals surface area contributed by atoms with E-state index < -0.39 is 18.0 Å². The molecule has 8 bridgehead atoms. The molecular formula is C36H38N4O6. The molecule has 10 nitrogen and oxygen atoms in total. The molecule has 0 radical (unpaired) electrons. The van der Waals surface area contributed by atoms with Crippen molar-refractivity contribution in [1.82, 2.24) is 0 Å². The van der Waals surface area contributed by atoms with Crippen molar-refractivity contribution < 1.29 is 29.0 Å². The molecule has 5 heterocycles. The highest BCUT2D eigenvalue weighted by Crippen LogP contribution is 2.47. The molecule has 1 saturated carbocycles. The summed E-state index contributed by atoms with van der Waals surface area (Å²) >= 11 is 0. The molecule has 1 aliphatic carbocycles. The van der Waals surface area contributed by atoms with Gasteiger partial charge in [-0.15, -0.1) is 0 Å². The number of hydrogen-bond acceptors (Lipinski definition) is 10. The molecule has 0 saturated heterocycles. The fraction of sp³-hybridized carbons (Fsp3) is 0.417. The number of allylic oxidation sites excluding steroid dienone is 9. The highest BCUT2D eigenvalue weighted by molar-refractivity contribution is 6.42. The first-order chi connectivity index (χ1) is 21.9. The molecule has 1 N–H and O–H groups in total. The number of carbonyl (C=O) groups is 3. The summed E-state index contributed by atoms with van der Waals surface area (Å²) in [4.78, 5) is 59.6. The van der Waals surface area contributed by atoms with Gasteiger partial charge in [0.05, 0.1) is 60.2 Å². The lowest BCUT2D eigenvalue weighted by Crippen LogP contribution is -2.25. The van der Waals surface area contributed by atoms with Gasteiger partial charge in [0.2, 0.25) is 0 Å². The summed E-state index contributed by atoms with van der Waals surface area (Å²) in [5.74, 6) is -3.17. The van der Waals surface area contributed by atoms with Crippen molar-refractivity contribution in [2.45, 2.75) is 66.9 Å². The Hall–Kier alpha value is -4.57. The maximum absolute atomic E-state index is 14.1. The average Bonchev–Trinajstić information content (AvgIpc) is 3.76. The van der Waals surface area contributed by atoms with Gasteiger partial charge >= 0.3 is 11.9 Å². The fourth-order valence-corrected chi connectivity index (χ4v) is 7.29. The Kier molecular flexibility index (Phi) is 7.96. The first kappa shape index (κ1) is 31.4. The van der Waals surface area contributed by atoms with Crippen molar-refractivity contribution in [2.75, 3.05) is 14.2 Å². The van der Waals surface area contributed by atoms with Crippen LogP contribution in [-0.4, -0.2) is 66.0 Å². The molecule has 0 aromatic carbocycles. The number of fused-ring (bicyclic) bond motifs is 4. The minimum absolute atomic E-state index is 0.129. The Labute approximate surface area is 268 Å². The van der Waals surface area contributed by atoms with Crippen LogP contribution >= 0.6 is 0 Å². The quantitative estimate of drug-likeness (QED) is 0.325. The molecule has 6 aliphatic rings. The molecule has 4 unspecified atom stereocenters. The van der Waals surface area contributed by atoms with Crippen molar-refractivity contribution in [3.8, 4) is 0 Å². The number of ketones is 1. The third-order valence-electron chi connectivity index (χ3n) is 9.85.